The van der Waals surface area contributed by atoms with Gasteiger partial charge >= 0.3 is 0 Å². The summed E-state index contributed by atoms with van der Waals surface area (Å²) in [4.78, 5) is 12.0. The summed E-state index contributed by atoms with van der Waals surface area (Å²) >= 11 is 5.97. The number of carbonyl (C=O) groups is 1. The van der Waals surface area contributed by atoms with Crippen LogP contribution in [0.1, 0.15) is 16.1 Å². The molecule has 0 atom stereocenters. The van der Waals surface area contributed by atoms with Crippen LogP contribution >= 0.6 is 11.6 Å². The lowest BCUT2D eigenvalue weighted by atomic mass is 10.1. The molecule has 3 heteroatoms. The molecule has 0 N–H and O–H groups in total. The normalized spacial score (nSPS) is 11.0. The molecule has 0 saturated heterocycles. The Morgan fingerprint density at radius 3 is 2.55 bits per heavy atom. The second kappa shape index (κ2) is 6.46. The van der Waals surface area contributed by atoms with E-state index >= 15 is 0 Å². The molecule has 0 bridgehead atoms. The van der Waals surface area contributed by atoms with Crippen LogP contribution in [0, 0.1) is 0 Å². The third-order valence-corrected chi connectivity index (χ3v) is 3.43. The molecular weight excluding hydrogens is 296 g/mol. The highest BCUT2D eigenvalue weighted by Crippen LogP contribution is 2.25. The zero-order valence-corrected chi connectivity index (χ0v) is 12.5. The van der Waals surface area contributed by atoms with E-state index in [1.54, 1.807) is 18.2 Å². The number of halogens is 1. The van der Waals surface area contributed by atoms with Crippen molar-refractivity contribution < 1.29 is 9.21 Å². The Morgan fingerprint density at radius 2 is 1.77 bits per heavy atom. The Morgan fingerprint density at radius 1 is 0.955 bits per heavy atom. The van der Waals surface area contributed by atoms with E-state index in [2.05, 4.69) is 0 Å². The first-order valence-corrected chi connectivity index (χ1v) is 7.23. The number of furan rings is 1. The summed E-state index contributed by atoms with van der Waals surface area (Å²) in [6.45, 7) is 0. The minimum absolute atomic E-state index is 0.0543. The molecule has 0 saturated carbocycles. The third-order valence-electron chi connectivity index (χ3n) is 3.19. The zero-order chi connectivity index (χ0) is 15.4. The highest BCUT2D eigenvalue weighted by Gasteiger charge is 2.05. The van der Waals surface area contributed by atoms with Gasteiger partial charge in [-0.3, -0.25) is 4.79 Å². The molecule has 0 aliphatic carbocycles. The molecule has 3 aromatic rings. The highest BCUT2D eigenvalue weighted by molar-refractivity contribution is 6.30. The van der Waals surface area contributed by atoms with Crippen molar-refractivity contribution in [2.75, 3.05) is 0 Å². The van der Waals surface area contributed by atoms with Crippen LogP contribution < -0.4 is 0 Å². The topological polar surface area (TPSA) is 30.2 Å². The molecule has 0 unspecified atom stereocenters. The second-order valence-electron chi connectivity index (χ2n) is 4.78. The number of hydrogen-bond donors (Lipinski definition) is 0. The first kappa shape index (κ1) is 14.4. The van der Waals surface area contributed by atoms with Crippen molar-refractivity contribution in [3.8, 4) is 11.3 Å². The largest absolute Gasteiger partial charge is 0.457 e. The van der Waals surface area contributed by atoms with Crippen molar-refractivity contribution in [1.29, 1.82) is 0 Å². The van der Waals surface area contributed by atoms with E-state index < -0.39 is 0 Å². The van der Waals surface area contributed by atoms with Gasteiger partial charge in [-0.15, -0.1) is 0 Å². The van der Waals surface area contributed by atoms with Gasteiger partial charge in [0, 0.05) is 16.1 Å². The van der Waals surface area contributed by atoms with E-state index in [1.165, 1.54) is 6.08 Å². The summed E-state index contributed by atoms with van der Waals surface area (Å²) < 4.78 is 5.71. The van der Waals surface area contributed by atoms with Crippen LogP contribution in [-0.2, 0) is 0 Å². The number of rotatable bonds is 4. The van der Waals surface area contributed by atoms with E-state index in [4.69, 9.17) is 16.0 Å². The fourth-order valence-corrected chi connectivity index (χ4v) is 2.29. The molecule has 108 valence electrons. The van der Waals surface area contributed by atoms with Crippen LogP contribution in [0.3, 0.4) is 0 Å². The van der Waals surface area contributed by atoms with Crippen molar-refractivity contribution in [1.82, 2.24) is 0 Å². The maximum atomic E-state index is 12.0. The predicted octanol–water partition coefficient (Wildman–Crippen LogP) is 5.50. The van der Waals surface area contributed by atoms with Crippen LogP contribution in [0.4, 0.5) is 0 Å². The number of allylic oxidation sites excluding steroid dienone is 1. The quantitative estimate of drug-likeness (QED) is 0.471. The number of benzene rings is 2. The van der Waals surface area contributed by atoms with E-state index in [0.717, 1.165) is 5.56 Å². The van der Waals surface area contributed by atoms with Gasteiger partial charge in [0.05, 0.1) is 0 Å². The number of carbonyl (C=O) groups excluding carboxylic acids is 1. The monoisotopic (exact) mass is 308 g/mol. The van der Waals surface area contributed by atoms with Crippen molar-refractivity contribution in [3.05, 3.63) is 89.2 Å². The van der Waals surface area contributed by atoms with E-state index in [-0.39, 0.29) is 5.78 Å². The summed E-state index contributed by atoms with van der Waals surface area (Å²) in [5.74, 6) is 1.29. The lowest BCUT2D eigenvalue weighted by molar-refractivity contribution is 0.104. The summed E-state index contributed by atoms with van der Waals surface area (Å²) in [7, 11) is 0. The smallest absolute Gasteiger partial charge is 0.185 e. The molecule has 0 amide bonds. The van der Waals surface area contributed by atoms with E-state index in [0.29, 0.717) is 22.1 Å². The summed E-state index contributed by atoms with van der Waals surface area (Å²) in [5, 5.41) is 0.658. The average molecular weight is 309 g/mol. The molecule has 0 aliphatic heterocycles. The maximum absolute atomic E-state index is 12.0. The van der Waals surface area contributed by atoms with Crippen LogP contribution in [0.5, 0.6) is 0 Å². The van der Waals surface area contributed by atoms with Crippen LogP contribution in [-0.4, -0.2) is 5.78 Å². The van der Waals surface area contributed by atoms with Gasteiger partial charge in [0.25, 0.3) is 0 Å². The maximum Gasteiger partial charge on any atom is 0.185 e. The van der Waals surface area contributed by atoms with Crippen molar-refractivity contribution in [2.24, 2.45) is 0 Å². The van der Waals surface area contributed by atoms with Crippen LogP contribution in [0.25, 0.3) is 17.4 Å². The number of ketones is 1. The minimum atomic E-state index is -0.0543. The first-order chi connectivity index (χ1) is 10.7. The van der Waals surface area contributed by atoms with E-state index in [9.17, 15) is 4.79 Å². The van der Waals surface area contributed by atoms with Gasteiger partial charge in [-0.25, -0.2) is 0 Å². The zero-order valence-electron chi connectivity index (χ0n) is 11.7. The van der Waals surface area contributed by atoms with Crippen molar-refractivity contribution in [3.63, 3.8) is 0 Å². The molecule has 3 rings (SSSR count). The molecule has 0 radical (unpaired) electrons. The third kappa shape index (κ3) is 3.35. The Hall–Kier alpha value is -2.58. The molecule has 2 aromatic carbocycles. The molecule has 22 heavy (non-hydrogen) atoms. The van der Waals surface area contributed by atoms with Gasteiger partial charge in [0.1, 0.15) is 11.5 Å². The van der Waals surface area contributed by atoms with Gasteiger partial charge in [0.2, 0.25) is 0 Å². The standard InChI is InChI=1S/C19H13ClO2/c20-16-8-4-7-15(13-16)19-12-10-17(22-19)9-11-18(21)14-5-2-1-3-6-14/h1-13H/b11-9+. The molecule has 1 aromatic heterocycles. The molecule has 0 spiro atoms. The fraction of sp³-hybridized carbons (Fsp3) is 0. The second-order valence-corrected chi connectivity index (χ2v) is 5.21. The van der Waals surface area contributed by atoms with Gasteiger partial charge in [-0.2, -0.15) is 0 Å². The van der Waals surface area contributed by atoms with Crippen molar-refractivity contribution in [2.45, 2.75) is 0 Å². The van der Waals surface area contributed by atoms with Crippen LogP contribution in [0.15, 0.2) is 77.2 Å². The Kier molecular flexibility index (Phi) is 4.22. The lowest BCUT2D eigenvalue weighted by Gasteiger charge is -1.97. The van der Waals surface area contributed by atoms with Gasteiger partial charge in [0.15, 0.2) is 5.78 Å². The molecular formula is C19H13ClO2. The molecule has 2 nitrogen and oxygen atoms in total. The van der Waals surface area contributed by atoms with Gasteiger partial charge in [-0.05, 0) is 36.4 Å². The first-order valence-electron chi connectivity index (χ1n) is 6.85. The summed E-state index contributed by atoms with van der Waals surface area (Å²) in [6.07, 6.45) is 3.18. The Bertz CT molecular complexity index is 816. The fourth-order valence-electron chi connectivity index (χ4n) is 2.10. The predicted molar refractivity (Wildman–Crippen MR) is 89.0 cm³/mol. The Balaban J connectivity index is 1.77. The van der Waals surface area contributed by atoms with Crippen molar-refractivity contribution >= 4 is 23.5 Å². The van der Waals surface area contributed by atoms with E-state index in [1.807, 2.05) is 54.6 Å². The molecule has 1 heterocycles. The summed E-state index contributed by atoms with van der Waals surface area (Å²) in [6, 6.07) is 20.3. The Labute approximate surface area is 133 Å². The van der Waals surface area contributed by atoms with Gasteiger partial charge < -0.3 is 4.42 Å². The molecule has 0 aliphatic rings. The van der Waals surface area contributed by atoms with Gasteiger partial charge in [-0.1, -0.05) is 54.1 Å². The number of hydrogen-bond acceptors (Lipinski definition) is 2. The SMILES string of the molecule is O=C(/C=C/c1ccc(-c2cccc(Cl)c2)o1)c1ccccc1. The highest BCUT2D eigenvalue weighted by atomic mass is 35.5. The minimum Gasteiger partial charge on any atom is -0.457 e. The molecule has 0 fully saturated rings. The average Bonchev–Trinajstić information content (AvgIpc) is 3.02. The van der Waals surface area contributed by atoms with Crippen LogP contribution in [0.2, 0.25) is 5.02 Å². The lowest BCUT2D eigenvalue weighted by Crippen LogP contribution is -1.92. The summed E-state index contributed by atoms with van der Waals surface area (Å²) in [5.41, 5.74) is 1.56.